The zero-order valence-electron chi connectivity index (χ0n) is 19.6. The van der Waals surface area contributed by atoms with Crippen molar-refractivity contribution in [1.82, 2.24) is 0 Å². The van der Waals surface area contributed by atoms with E-state index in [9.17, 15) is 18.0 Å². The molecule has 34 heavy (non-hydrogen) atoms. The summed E-state index contributed by atoms with van der Waals surface area (Å²) in [5.74, 6) is -0.102. The Morgan fingerprint density at radius 3 is 2.26 bits per heavy atom. The van der Waals surface area contributed by atoms with Crippen molar-refractivity contribution in [3.8, 4) is 5.75 Å². The van der Waals surface area contributed by atoms with Crippen molar-refractivity contribution in [1.29, 1.82) is 0 Å². The standard InChI is InChI=1S/C26H28N2O5S/c1-17-9-11-20(15-19(17)3)23(29)13-14-26(30)27-21-12-10-18(2)25(16-21)34(31,32)28-22-7-5-6-8-24(22)33-4/h5-12,15-16,28H,13-14H2,1-4H3,(H,27,30). The van der Waals surface area contributed by atoms with Crippen LogP contribution >= 0.6 is 0 Å². The van der Waals surface area contributed by atoms with Gasteiger partial charge >= 0.3 is 0 Å². The van der Waals surface area contributed by atoms with Crippen molar-refractivity contribution >= 4 is 33.1 Å². The molecule has 0 fully saturated rings. The first-order valence-corrected chi connectivity index (χ1v) is 12.3. The van der Waals surface area contributed by atoms with Crippen molar-refractivity contribution in [3.63, 3.8) is 0 Å². The van der Waals surface area contributed by atoms with Crippen molar-refractivity contribution in [3.05, 3.63) is 82.9 Å². The van der Waals surface area contributed by atoms with Gasteiger partial charge in [-0.15, -0.1) is 0 Å². The number of sulfonamides is 1. The molecule has 0 aliphatic rings. The molecular weight excluding hydrogens is 452 g/mol. The van der Waals surface area contributed by atoms with E-state index in [4.69, 9.17) is 4.74 Å². The lowest BCUT2D eigenvalue weighted by Gasteiger charge is -2.14. The van der Waals surface area contributed by atoms with Crippen LogP contribution in [0.15, 0.2) is 65.6 Å². The van der Waals surface area contributed by atoms with Crippen LogP contribution in [-0.2, 0) is 14.8 Å². The Balaban J connectivity index is 1.69. The van der Waals surface area contributed by atoms with Gasteiger partial charge in [-0.05, 0) is 67.8 Å². The third-order valence-electron chi connectivity index (χ3n) is 5.52. The van der Waals surface area contributed by atoms with E-state index in [0.717, 1.165) is 11.1 Å². The zero-order valence-corrected chi connectivity index (χ0v) is 20.5. The van der Waals surface area contributed by atoms with E-state index in [1.165, 1.54) is 13.2 Å². The molecule has 0 saturated heterocycles. The van der Waals surface area contributed by atoms with Crippen LogP contribution in [0.4, 0.5) is 11.4 Å². The lowest BCUT2D eigenvalue weighted by molar-refractivity contribution is -0.116. The largest absolute Gasteiger partial charge is 0.495 e. The summed E-state index contributed by atoms with van der Waals surface area (Å²) in [6.07, 6.45) is 0.0435. The van der Waals surface area contributed by atoms with Gasteiger partial charge < -0.3 is 10.1 Å². The Morgan fingerprint density at radius 2 is 1.56 bits per heavy atom. The molecule has 178 valence electrons. The maximum atomic E-state index is 13.0. The second-order valence-corrected chi connectivity index (χ2v) is 9.71. The molecule has 0 saturated carbocycles. The highest BCUT2D eigenvalue weighted by Crippen LogP contribution is 2.28. The number of amides is 1. The van der Waals surface area contributed by atoms with Crippen LogP contribution in [-0.4, -0.2) is 27.2 Å². The molecule has 0 radical (unpaired) electrons. The van der Waals surface area contributed by atoms with Gasteiger partial charge in [0.05, 0.1) is 17.7 Å². The molecule has 0 aliphatic heterocycles. The predicted octanol–water partition coefficient (Wildman–Crippen LogP) is 5.02. The van der Waals surface area contributed by atoms with Crippen molar-refractivity contribution in [2.75, 3.05) is 17.1 Å². The van der Waals surface area contributed by atoms with Crippen LogP contribution < -0.4 is 14.8 Å². The number of benzene rings is 3. The van der Waals surface area contributed by atoms with Crippen molar-refractivity contribution < 1.29 is 22.7 Å². The maximum absolute atomic E-state index is 13.0. The Hall–Kier alpha value is -3.65. The Kier molecular flexibility index (Phi) is 7.73. The van der Waals surface area contributed by atoms with Gasteiger partial charge in [0.2, 0.25) is 5.91 Å². The Labute approximate surface area is 200 Å². The van der Waals surface area contributed by atoms with E-state index in [1.807, 2.05) is 26.0 Å². The molecule has 3 rings (SSSR count). The average Bonchev–Trinajstić information content (AvgIpc) is 2.80. The number of anilines is 2. The molecule has 3 aromatic carbocycles. The van der Waals surface area contributed by atoms with Gasteiger partial charge in [-0.2, -0.15) is 0 Å². The van der Waals surface area contributed by atoms with Gasteiger partial charge in [-0.1, -0.05) is 30.3 Å². The number of nitrogens with one attached hydrogen (secondary N) is 2. The molecule has 0 heterocycles. The number of carbonyl (C=O) groups excluding carboxylic acids is 2. The first-order valence-electron chi connectivity index (χ1n) is 10.8. The summed E-state index contributed by atoms with van der Waals surface area (Å²) < 4.78 is 33.8. The van der Waals surface area contributed by atoms with Crippen LogP contribution in [0.2, 0.25) is 0 Å². The van der Waals surface area contributed by atoms with E-state index in [2.05, 4.69) is 10.0 Å². The topological polar surface area (TPSA) is 102 Å². The molecule has 8 heteroatoms. The highest BCUT2D eigenvalue weighted by atomic mass is 32.2. The van der Waals surface area contributed by atoms with Crippen LogP contribution in [0.5, 0.6) is 5.75 Å². The third-order valence-corrected chi connectivity index (χ3v) is 7.03. The number of carbonyl (C=O) groups is 2. The molecule has 7 nitrogen and oxygen atoms in total. The minimum Gasteiger partial charge on any atom is -0.495 e. The number of para-hydroxylation sites is 2. The number of aryl methyl sites for hydroxylation is 3. The van der Waals surface area contributed by atoms with Crippen LogP contribution in [0, 0.1) is 20.8 Å². The molecule has 0 aliphatic carbocycles. The van der Waals surface area contributed by atoms with Crippen LogP contribution in [0.25, 0.3) is 0 Å². The zero-order chi connectivity index (χ0) is 24.9. The van der Waals surface area contributed by atoms with Crippen molar-refractivity contribution in [2.45, 2.75) is 38.5 Å². The molecule has 1 amide bonds. The first-order chi connectivity index (χ1) is 16.1. The number of hydrogen-bond donors (Lipinski definition) is 2. The summed E-state index contributed by atoms with van der Waals surface area (Å²) in [6.45, 7) is 5.58. The smallest absolute Gasteiger partial charge is 0.262 e. The minimum atomic E-state index is -3.94. The molecular formula is C26H28N2O5S. The SMILES string of the molecule is COc1ccccc1NS(=O)(=O)c1cc(NC(=O)CCC(=O)c2ccc(C)c(C)c2)ccc1C. The lowest BCUT2D eigenvalue weighted by atomic mass is 10.0. The second kappa shape index (κ2) is 10.5. The number of hydrogen-bond acceptors (Lipinski definition) is 5. The van der Waals surface area contributed by atoms with Gasteiger partial charge in [0.15, 0.2) is 5.78 Å². The minimum absolute atomic E-state index is 0.0127. The van der Waals surface area contributed by atoms with Crippen molar-refractivity contribution in [2.24, 2.45) is 0 Å². The normalized spacial score (nSPS) is 11.1. The molecule has 0 spiro atoms. The van der Waals surface area contributed by atoms with E-state index in [1.54, 1.807) is 49.4 Å². The molecule has 0 unspecified atom stereocenters. The lowest BCUT2D eigenvalue weighted by Crippen LogP contribution is -2.17. The molecule has 0 aromatic heterocycles. The van der Waals surface area contributed by atoms with E-state index in [0.29, 0.717) is 28.3 Å². The highest BCUT2D eigenvalue weighted by Gasteiger charge is 2.20. The summed E-state index contributed by atoms with van der Waals surface area (Å²) in [6, 6.07) is 16.8. The van der Waals surface area contributed by atoms with Gasteiger partial charge in [0, 0.05) is 24.1 Å². The highest BCUT2D eigenvalue weighted by molar-refractivity contribution is 7.92. The second-order valence-electron chi connectivity index (χ2n) is 8.06. The van der Waals surface area contributed by atoms with Gasteiger partial charge in [-0.25, -0.2) is 8.42 Å². The molecule has 2 N–H and O–H groups in total. The van der Waals surface area contributed by atoms with Gasteiger partial charge in [-0.3, -0.25) is 14.3 Å². The quantitative estimate of drug-likeness (QED) is 0.419. The summed E-state index contributed by atoms with van der Waals surface area (Å²) in [7, 11) is -2.48. The number of ether oxygens (including phenoxy) is 1. The third kappa shape index (κ3) is 6.02. The van der Waals surface area contributed by atoms with E-state index in [-0.39, 0.29) is 29.4 Å². The maximum Gasteiger partial charge on any atom is 0.262 e. The monoisotopic (exact) mass is 480 g/mol. The van der Waals surface area contributed by atoms with E-state index >= 15 is 0 Å². The predicted molar refractivity (Wildman–Crippen MR) is 133 cm³/mol. The fourth-order valence-corrected chi connectivity index (χ4v) is 4.75. The summed E-state index contributed by atoms with van der Waals surface area (Å²) in [5, 5.41) is 2.69. The molecule has 0 atom stereocenters. The summed E-state index contributed by atoms with van der Waals surface area (Å²) in [4.78, 5) is 24.9. The van der Waals surface area contributed by atoms with Gasteiger partial charge in [0.25, 0.3) is 10.0 Å². The average molecular weight is 481 g/mol. The Bertz CT molecular complexity index is 1330. The number of Topliss-reactive ketones (excluding diaryl/α,β-unsaturated/α-hetero) is 1. The molecule has 3 aromatic rings. The number of rotatable bonds is 9. The Morgan fingerprint density at radius 1 is 0.853 bits per heavy atom. The first kappa shape index (κ1) is 25.0. The number of ketones is 1. The summed E-state index contributed by atoms with van der Waals surface area (Å²) >= 11 is 0. The fourth-order valence-electron chi connectivity index (χ4n) is 3.41. The fraction of sp³-hybridized carbons (Fsp3) is 0.231. The van der Waals surface area contributed by atoms with Crippen LogP contribution in [0.3, 0.4) is 0 Å². The summed E-state index contributed by atoms with van der Waals surface area (Å²) in [5.41, 5.74) is 3.84. The van der Waals surface area contributed by atoms with Gasteiger partial charge in [0.1, 0.15) is 5.75 Å². The molecule has 0 bridgehead atoms. The number of methoxy groups -OCH3 is 1. The van der Waals surface area contributed by atoms with Crippen LogP contribution in [0.1, 0.15) is 39.9 Å². The van der Waals surface area contributed by atoms with E-state index < -0.39 is 10.0 Å².